The molecule has 7 nitrogen and oxygen atoms in total. The topological polar surface area (TPSA) is 78.0 Å². The number of ether oxygens (including phenoxy) is 3. The van der Waals surface area contributed by atoms with Crippen LogP contribution in [0, 0.1) is 0 Å². The lowest BCUT2D eigenvalue weighted by Gasteiger charge is -2.17. The van der Waals surface area contributed by atoms with Crippen molar-refractivity contribution in [2.24, 2.45) is 0 Å². The Morgan fingerprint density at radius 2 is 1.91 bits per heavy atom. The summed E-state index contributed by atoms with van der Waals surface area (Å²) < 4.78 is 16.4. The molecule has 1 aromatic heterocycles. The Hall–Kier alpha value is -3.10. The fraction of sp³-hybridized carbons (Fsp3) is 0.261. The van der Waals surface area contributed by atoms with Crippen molar-refractivity contribution in [1.82, 2.24) is 4.98 Å². The maximum atomic E-state index is 12.6. The Balaban J connectivity index is 1.73. The molecule has 0 fully saturated rings. The molecule has 1 amide bonds. The van der Waals surface area contributed by atoms with Crippen molar-refractivity contribution in [2.75, 3.05) is 12.0 Å². The van der Waals surface area contributed by atoms with E-state index in [1.165, 1.54) is 42.4 Å². The van der Waals surface area contributed by atoms with Crippen molar-refractivity contribution >= 4 is 45.6 Å². The van der Waals surface area contributed by atoms with Gasteiger partial charge in [0.25, 0.3) is 0 Å². The molecular weight excluding hydrogens is 452 g/mol. The maximum absolute atomic E-state index is 12.6. The Labute approximate surface area is 195 Å². The summed E-state index contributed by atoms with van der Waals surface area (Å²) in [4.78, 5) is 30.7. The van der Waals surface area contributed by atoms with Crippen molar-refractivity contribution < 1.29 is 23.8 Å². The quantitative estimate of drug-likeness (QED) is 0.393. The molecule has 2 aromatic carbocycles. The van der Waals surface area contributed by atoms with Crippen LogP contribution in [0.25, 0.3) is 0 Å². The Morgan fingerprint density at radius 3 is 2.53 bits per heavy atom. The monoisotopic (exact) mass is 474 g/mol. The molecule has 0 aliphatic rings. The van der Waals surface area contributed by atoms with E-state index < -0.39 is 5.97 Å². The second-order valence-corrected chi connectivity index (χ2v) is 8.29. The number of nitrogens with zero attached hydrogens (tertiary/aromatic N) is 2. The van der Waals surface area contributed by atoms with Gasteiger partial charge in [0, 0.05) is 12.3 Å². The first-order chi connectivity index (χ1) is 15.3. The average Bonchev–Trinajstić information content (AvgIpc) is 3.22. The minimum atomic E-state index is -0.581. The molecule has 3 aromatic rings. The third-order valence-corrected chi connectivity index (χ3v) is 5.39. The lowest BCUT2D eigenvalue weighted by Crippen LogP contribution is -2.22. The molecule has 0 aliphatic heterocycles. The van der Waals surface area contributed by atoms with Gasteiger partial charge >= 0.3 is 5.97 Å². The van der Waals surface area contributed by atoms with Crippen molar-refractivity contribution in [3.8, 4) is 11.5 Å². The van der Waals surface area contributed by atoms with Crippen LogP contribution < -0.4 is 14.4 Å². The van der Waals surface area contributed by atoms with Gasteiger partial charge in [-0.2, -0.15) is 0 Å². The molecule has 0 N–H and O–H groups in total. The third-order valence-electron chi connectivity index (χ3n) is 4.23. The highest BCUT2D eigenvalue weighted by Gasteiger charge is 2.20. The zero-order valence-electron chi connectivity index (χ0n) is 18.1. The zero-order chi connectivity index (χ0) is 23.3. The van der Waals surface area contributed by atoms with Crippen molar-refractivity contribution in [1.29, 1.82) is 0 Å². The number of amides is 1. The molecule has 0 aliphatic carbocycles. The summed E-state index contributed by atoms with van der Waals surface area (Å²) in [7, 11) is 1.47. The van der Waals surface area contributed by atoms with Crippen LogP contribution in [0.2, 0.25) is 5.02 Å². The molecule has 0 saturated carbocycles. The van der Waals surface area contributed by atoms with Crippen LogP contribution in [0.3, 0.4) is 0 Å². The Morgan fingerprint density at radius 1 is 1.19 bits per heavy atom. The Kier molecular flexibility index (Phi) is 7.71. The number of carbonyl (C=O) groups is 2. The molecule has 0 atom stereocenters. The van der Waals surface area contributed by atoms with Crippen molar-refractivity contribution in [3.05, 3.63) is 64.1 Å². The predicted octanol–water partition coefficient (Wildman–Crippen LogP) is 5.63. The maximum Gasteiger partial charge on any atom is 0.338 e. The highest BCUT2D eigenvalue weighted by molar-refractivity contribution is 7.14. The highest BCUT2D eigenvalue weighted by atomic mass is 35.5. The van der Waals surface area contributed by atoms with Gasteiger partial charge < -0.3 is 14.2 Å². The van der Waals surface area contributed by atoms with Gasteiger partial charge in [-0.25, -0.2) is 9.78 Å². The lowest BCUT2D eigenvalue weighted by atomic mass is 10.2. The molecule has 0 unspecified atom stereocenters. The summed E-state index contributed by atoms with van der Waals surface area (Å²) in [6.07, 6.45) is -0.108. The number of methoxy groups -OCH3 is 1. The number of rotatable bonds is 8. The van der Waals surface area contributed by atoms with E-state index in [2.05, 4.69) is 4.98 Å². The number of para-hydroxylation sites is 1. The van der Waals surface area contributed by atoms with Crippen LogP contribution in [-0.4, -0.2) is 30.1 Å². The molecule has 32 heavy (non-hydrogen) atoms. The number of aromatic nitrogens is 1. The minimum absolute atomic E-state index is 0.0555. The van der Waals surface area contributed by atoms with Crippen molar-refractivity contribution in [2.45, 2.75) is 33.5 Å². The van der Waals surface area contributed by atoms with Crippen LogP contribution in [0.4, 0.5) is 10.8 Å². The second-order valence-electron chi connectivity index (χ2n) is 7.04. The number of hydrogen-bond acceptors (Lipinski definition) is 7. The normalized spacial score (nSPS) is 10.7. The summed E-state index contributed by atoms with van der Waals surface area (Å²) in [5.74, 6) is -0.0361. The first-order valence-corrected chi connectivity index (χ1v) is 11.1. The number of halogens is 1. The molecule has 0 spiro atoms. The minimum Gasteiger partial charge on any atom is -0.493 e. The van der Waals surface area contributed by atoms with Crippen LogP contribution in [0.5, 0.6) is 11.5 Å². The van der Waals surface area contributed by atoms with E-state index >= 15 is 0 Å². The molecule has 0 saturated heterocycles. The van der Waals surface area contributed by atoms with E-state index in [1.807, 2.05) is 44.2 Å². The molecule has 9 heteroatoms. The van der Waals surface area contributed by atoms with Gasteiger partial charge in [-0.15, -0.1) is 11.3 Å². The van der Waals surface area contributed by atoms with E-state index in [9.17, 15) is 9.59 Å². The van der Waals surface area contributed by atoms with Gasteiger partial charge in [-0.3, -0.25) is 9.69 Å². The van der Waals surface area contributed by atoms with Crippen LogP contribution in [0.15, 0.2) is 47.8 Å². The molecule has 1 heterocycles. The summed E-state index contributed by atoms with van der Waals surface area (Å²) in [5, 5.41) is 2.49. The third kappa shape index (κ3) is 5.57. The smallest absolute Gasteiger partial charge is 0.338 e. The second kappa shape index (κ2) is 10.5. The fourth-order valence-corrected chi connectivity index (χ4v) is 4.01. The van der Waals surface area contributed by atoms with Gasteiger partial charge in [0.1, 0.15) is 6.61 Å². The standard InChI is InChI=1S/C23H23ClN2O5S/c1-14(2)31-21-19(24)10-16(11-20(21)29-4)22(28)30-12-17-13-32-23(25-17)26(15(3)27)18-8-6-5-7-9-18/h5-11,13-14H,12H2,1-4H3. The predicted molar refractivity (Wildman–Crippen MR) is 124 cm³/mol. The number of thiazole rings is 1. The zero-order valence-corrected chi connectivity index (χ0v) is 19.7. The van der Waals surface area contributed by atoms with Gasteiger partial charge in [-0.05, 0) is 38.1 Å². The summed E-state index contributed by atoms with van der Waals surface area (Å²) in [6.45, 7) is 5.15. The molecule has 168 valence electrons. The first kappa shape index (κ1) is 23.6. The molecule has 0 radical (unpaired) electrons. The molecule has 3 rings (SSSR count). The van der Waals surface area contributed by atoms with Crippen LogP contribution in [0.1, 0.15) is 36.8 Å². The molecular formula is C23H23ClN2O5S. The number of esters is 1. The van der Waals surface area contributed by atoms with E-state index in [4.69, 9.17) is 25.8 Å². The van der Waals surface area contributed by atoms with Gasteiger partial charge in [0.15, 0.2) is 16.6 Å². The van der Waals surface area contributed by atoms with Gasteiger partial charge in [0.2, 0.25) is 5.91 Å². The largest absolute Gasteiger partial charge is 0.493 e. The van der Waals surface area contributed by atoms with E-state index in [1.54, 1.807) is 5.38 Å². The number of carbonyl (C=O) groups excluding carboxylic acids is 2. The van der Waals surface area contributed by atoms with Crippen LogP contribution >= 0.6 is 22.9 Å². The molecule has 0 bridgehead atoms. The lowest BCUT2D eigenvalue weighted by molar-refractivity contribution is -0.115. The Bertz CT molecular complexity index is 1100. The summed E-state index contributed by atoms with van der Waals surface area (Å²) in [5.41, 5.74) is 1.47. The fourth-order valence-electron chi connectivity index (χ4n) is 2.88. The first-order valence-electron chi connectivity index (χ1n) is 9.81. The SMILES string of the molecule is COc1cc(C(=O)OCc2csc(N(C(C)=O)c3ccccc3)n2)cc(Cl)c1OC(C)C. The summed E-state index contributed by atoms with van der Waals surface area (Å²) >= 11 is 7.57. The van der Waals surface area contributed by atoms with E-state index in [0.29, 0.717) is 28.0 Å². The average molecular weight is 475 g/mol. The number of anilines is 2. The highest BCUT2D eigenvalue weighted by Crippen LogP contribution is 2.37. The van der Waals surface area contributed by atoms with Gasteiger partial charge in [0.05, 0.1) is 35.2 Å². The summed E-state index contributed by atoms with van der Waals surface area (Å²) in [6, 6.07) is 12.2. The van der Waals surface area contributed by atoms with Crippen molar-refractivity contribution in [3.63, 3.8) is 0 Å². The van der Waals surface area contributed by atoms with E-state index in [0.717, 1.165) is 0 Å². The number of hydrogen-bond donors (Lipinski definition) is 0. The van der Waals surface area contributed by atoms with Crippen LogP contribution in [-0.2, 0) is 16.1 Å². The number of benzene rings is 2. The van der Waals surface area contributed by atoms with E-state index in [-0.39, 0.29) is 29.2 Å². The van der Waals surface area contributed by atoms with Gasteiger partial charge in [-0.1, -0.05) is 29.8 Å².